The zero-order valence-corrected chi connectivity index (χ0v) is 8.68. The molecule has 2 aromatic heterocycles. The van der Waals surface area contributed by atoms with Crippen molar-refractivity contribution in [2.24, 2.45) is 0 Å². The lowest BCUT2D eigenvalue weighted by atomic mass is 10.2. The van der Waals surface area contributed by atoms with Crippen molar-refractivity contribution in [3.05, 3.63) is 29.9 Å². The Morgan fingerprint density at radius 3 is 3.07 bits per heavy atom. The highest BCUT2D eigenvalue weighted by Crippen LogP contribution is 2.12. The molecule has 0 fully saturated rings. The molecule has 0 amide bonds. The van der Waals surface area contributed by atoms with E-state index in [9.17, 15) is 0 Å². The zero-order valence-electron chi connectivity index (χ0n) is 8.68. The molecule has 0 aliphatic carbocycles. The van der Waals surface area contributed by atoms with Crippen molar-refractivity contribution in [1.29, 1.82) is 0 Å². The molecule has 2 heterocycles. The van der Waals surface area contributed by atoms with Gasteiger partial charge in [-0.2, -0.15) is 0 Å². The monoisotopic (exact) mass is 206 g/mol. The van der Waals surface area contributed by atoms with Crippen LogP contribution in [0.4, 0.5) is 5.82 Å². The Morgan fingerprint density at radius 2 is 2.40 bits per heavy atom. The Kier molecular flexibility index (Phi) is 2.71. The van der Waals surface area contributed by atoms with E-state index in [1.165, 1.54) is 0 Å². The van der Waals surface area contributed by atoms with Crippen molar-refractivity contribution in [1.82, 2.24) is 15.0 Å². The van der Waals surface area contributed by atoms with E-state index in [-0.39, 0.29) is 0 Å². The fourth-order valence-corrected chi connectivity index (χ4v) is 1.52. The van der Waals surface area contributed by atoms with Gasteiger partial charge in [-0.3, -0.25) is 0 Å². The Morgan fingerprint density at radius 1 is 1.53 bits per heavy atom. The molecule has 0 saturated carbocycles. The molecule has 0 atom stereocenters. The van der Waals surface area contributed by atoms with Crippen LogP contribution in [0.3, 0.4) is 0 Å². The second-order valence-corrected chi connectivity index (χ2v) is 3.46. The van der Waals surface area contributed by atoms with Gasteiger partial charge in [0.2, 0.25) is 0 Å². The normalized spacial score (nSPS) is 10.7. The standard InChI is InChI=1S/C10H14N4O/c1-2-3-9-10(11)12-13-14(9)6-8-4-5-15-7-8/h4-5,7H,2-3,6,11H2,1H3. The van der Waals surface area contributed by atoms with E-state index in [1.54, 1.807) is 12.5 Å². The Balaban J connectivity index is 2.21. The average Bonchev–Trinajstić information content (AvgIpc) is 2.83. The molecule has 2 rings (SSSR count). The average molecular weight is 206 g/mol. The molecular formula is C10H14N4O. The highest BCUT2D eigenvalue weighted by atomic mass is 16.3. The minimum absolute atomic E-state index is 0.528. The molecule has 2 aromatic rings. The van der Waals surface area contributed by atoms with E-state index in [1.807, 2.05) is 10.7 Å². The lowest BCUT2D eigenvalue weighted by molar-refractivity contribution is 0.555. The largest absolute Gasteiger partial charge is 0.472 e. The maximum atomic E-state index is 5.74. The summed E-state index contributed by atoms with van der Waals surface area (Å²) < 4.78 is 6.82. The number of hydrogen-bond acceptors (Lipinski definition) is 4. The third-order valence-electron chi connectivity index (χ3n) is 2.27. The molecule has 0 unspecified atom stereocenters. The van der Waals surface area contributed by atoms with Gasteiger partial charge in [-0.15, -0.1) is 5.10 Å². The van der Waals surface area contributed by atoms with Gasteiger partial charge in [0.25, 0.3) is 0 Å². The van der Waals surface area contributed by atoms with Gasteiger partial charge in [0, 0.05) is 5.56 Å². The maximum absolute atomic E-state index is 5.74. The predicted molar refractivity (Wildman–Crippen MR) is 56.2 cm³/mol. The Bertz CT molecular complexity index is 419. The Hall–Kier alpha value is -1.78. The van der Waals surface area contributed by atoms with Crippen LogP contribution >= 0.6 is 0 Å². The van der Waals surface area contributed by atoms with E-state index in [4.69, 9.17) is 10.2 Å². The van der Waals surface area contributed by atoms with Crippen molar-refractivity contribution in [2.45, 2.75) is 26.3 Å². The number of nitrogen functional groups attached to an aromatic ring is 1. The van der Waals surface area contributed by atoms with Crippen molar-refractivity contribution in [3.63, 3.8) is 0 Å². The molecular weight excluding hydrogens is 192 g/mol. The van der Waals surface area contributed by atoms with Gasteiger partial charge >= 0.3 is 0 Å². The van der Waals surface area contributed by atoms with Gasteiger partial charge in [0.05, 0.1) is 24.8 Å². The van der Waals surface area contributed by atoms with E-state index in [0.717, 1.165) is 24.1 Å². The fraction of sp³-hybridized carbons (Fsp3) is 0.400. The first-order valence-electron chi connectivity index (χ1n) is 5.00. The van der Waals surface area contributed by atoms with Crippen molar-refractivity contribution in [2.75, 3.05) is 5.73 Å². The van der Waals surface area contributed by atoms with Crippen molar-refractivity contribution in [3.8, 4) is 0 Å². The first-order valence-corrected chi connectivity index (χ1v) is 5.00. The summed E-state index contributed by atoms with van der Waals surface area (Å²) in [5, 5.41) is 7.89. The number of nitrogens with two attached hydrogens (primary N) is 1. The van der Waals surface area contributed by atoms with Gasteiger partial charge in [0.15, 0.2) is 5.82 Å². The van der Waals surface area contributed by atoms with Crippen LogP contribution in [0.5, 0.6) is 0 Å². The molecule has 0 radical (unpaired) electrons. The molecule has 80 valence electrons. The number of nitrogens with zero attached hydrogens (tertiary/aromatic N) is 3. The summed E-state index contributed by atoms with van der Waals surface area (Å²) in [6.07, 6.45) is 5.28. The Labute approximate surface area is 87.9 Å². The fourth-order valence-electron chi connectivity index (χ4n) is 1.52. The van der Waals surface area contributed by atoms with Crippen LogP contribution < -0.4 is 5.73 Å². The molecule has 2 N–H and O–H groups in total. The zero-order chi connectivity index (χ0) is 10.7. The van der Waals surface area contributed by atoms with Crippen LogP contribution in [0.2, 0.25) is 0 Å². The third kappa shape index (κ3) is 2.01. The number of rotatable bonds is 4. The molecule has 5 heteroatoms. The van der Waals surface area contributed by atoms with Crippen LogP contribution in [0, 0.1) is 0 Å². The smallest absolute Gasteiger partial charge is 0.169 e. The topological polar surface area (TPSA) is 69.9 Å². The summed E-state index contributed by atoms with van der Waals surface area (Å²) in [6, 6.07) is 1.91. The molecule has 0 aliphatic heterocycles. The highest BCUT2D eigenvalue weighted by molar-refractivity contribution is 5.33. The molecule has 0 bridgehead atoms. The van der Waals surface area contributed by atoms with Crippen LogP contribution in [-0.4, -0.2) is 15.0 Å². The molecule has 0 spiro atoms. The van der Waals surface area contributed by atoms with Gasteiger partial charge in [-0.05, 0) is 12.5 Å². The van der Waals surface area contributed by atoms with E-state index < -0.39 is 0 Å². The minimum atomic E-state index is 0.528. The highest BCUT2D eigenvalue weighted by Gasteiger charge is 2.09. The van der Waals surface area contributed by atoms with E-state index in [2.05, 4.69) is 17.2 Å². The van der Waals surface area contributed by atoms with Gasteiger partial charge < -0.3 is 10.2 Å². The summed E-state index contributed by atoms with van der Waals surface area (Å²) in [5.41, 5.74) is 7.80. The first-order chi connectivity index (χ1) is 7.31. The van der Waals surface area contributed by atoms with Crippen LogP contribution in [0.1, 0.15) is 24.6 Å². The number of hydrogen-bond donors (Lipinski definition) is 1. The summed E-state index contributed by atoms with van der Waals surface area (Å²) in [6.45, 7) is 2.77. The second kappa shape index (κ2) is 4.16. The van der Waals surface area contributed by atoms with E-state index >= 15 is 0 Å². The molecule has 15 heavy (non-hydrogen) atoms. The van der Waals surface area contributed by atoms with Gasteiger partial charge in [-0.25, -0.2) is 4.68 Å². The summed E-state index contributed by atoms with van der Waals surface area (Å²) in [4.78, 5) is 0. The van der Waals surface area contributed by atoms with Crippen LogP contribution in [-0.2, 0) is 13.0 Å². The summed E-state index contributed by atoms with van der Waals surface area (Å²) >= 11 is 0. The third-order valence-corrected chi connectivity index (χ3v) is 2.27. The van der Waals surface area contributed by atoms with Crippen molar-refractivity contribution >= 4 is 5.82 Å². The lowest BCUT2D eigenvalue weighted by Gasteiger charge is -2.03. The molecule has 0 aliphatic rings. The number of anilines is 1. The lowest BCUT2D eigenvalue weighted by Crippen LogP contribution is -2.06. The van der Waals surface area contributed by atoms with Gasteiger partial charge in [0.1, 0.15) is 0 Å². The molecule has 0 aromatic carbocycles. The summed E-state index contributed by atoms with van der Waals surface area (Å²) in [5.74, 6) is 0.528. The van der Waals surface area contributed by atoms with Crippen LogP contribution in [0.15, 0.2) is 23.0 Å². The van der Waals surface area contributed by atoms with Crippen LogP contribution in [0.25, 0.3) is 0 Å². The first kappa shape index (κ1) is 9.76. The minimum Gasteiger partial charge on any atom is -0.472 e. The maximum Gasteiger partial charge on any atom is 0.169 e. The predicted octanol–water partition coefficient (Wildman–Crippen LogP) is 1.45. The molecule has 5 nitrogen and oxygen atoms in total. The van der Waals surface area contributed by atoms with Gasteiger partial charge in [-0.1, -0.05) is 18.6 Å². The second-order valence-electron chi connectivity index (χ2n) is 3.46. The summed E-state index contributed by atoms with van der Waals surface area (Å²) in [7, 11) is 0. The number of aromatic nitrogens is 3. The molecule has 0 saturated heterocycles. The van der Waals surface area contributed by atoms with Crippen molar-refractivity contribution < 1.29 is 4.42 Å². The number of furan rings is 1. The SMILES string of the molecule is CCCc1c(N)nnn1Cc1ccoc1. The quantitative estimate of drug-likeness (QED) is 0.822. The van der Waals surface area contributed by atoms with E-state index in [0.29, 0.717) is 12.4 Å².